The lowest BCUT2D eigenvalue weighted by molar-refractivity contribution is 1.22. The molecular formula is C84H56B2N4S2. The number of nitrogens with zero attached hydrogens (tertiary/aromatic N) is 4. The second-order valence-electron chi connectivity index (χ2n) is 23.9. The fourth-order valence-corrected chi connectivity index (χ4v) is 17.2. The lowest BCUT2D eigenvalue weighted by atomic mass is 9.31. The first-order valence-electron chi connectivity index (χ1n) is 31.5. The summed E-state index contributed by atoms with van der Waals surface area (Å²) in [6.45, 7) is -0.151. The minimum atomic E-state index is -0.146. The molecule has 0 fully saturated rings. The molecule has 0 radical (unpaired) electrons. The summed E-state index contributed by atoms with van der Waals surface area (Å²) in [5, 5.41) is 0. The number of benzene rings is 14. The van der Waals surface area contributed by atoms with Crippen molar-refractivity contribution >= 4 is 138 Å². The molecule has 4 aliphatic rings. The maximum absolute atomic E-state index is 2.64. The van der Waals surface area contributed by atoms with Crippen LogP contribution in [0.25, 0.3) is 33.4 Å². The van der Waals surface area contributed by atoms with Crippen LogP contribution in [0.3, 0.4) is 0 Å². The first kappa shape index (κ1) is 54.1. The molecule has 0 aromatic heterocycles. The zero-order valence-electron chi connectivity index (χ0n) is 50.1. The van der Waals surface area contributed by atoms with Crippen molar-refractivity contribution < 1.29 is 0 Å². The zero-order chi connectivity index (χ0) is 60.6. The Balaban J connectivity index is 0.928. The first-order valence-corrected chi connectivity index (χ1v) is 33.2. The van der Waals surface area contributed by atoms with E-state index in [1.54, 1.807) is 0 Å². The number of hydrogen-bond acceptors (Lipinski definition) is 6. The predicted octanol–water partition coefficient (Wildman–Crippen LogP) is 19.2. The normalized spacial score (nSPS) is 12.8. The van der Waals surface area contributed by atoms with E-state index in [4.69, 9.17) is 0 Å². The highest BCUT2D eigenvalue weighted by atomic mass is 32.2. The van der Waals surface area contributed by atoms with E-state index in [1.807, 2.05) is 23.5 Å². The Morgan fingerprint density at radius 2 is 0.707 bits per heavy atom. The smallest absolute Gasteiger partial charge is 0.252 e. The molecule has 14 aromatic carbocycles. The summed E-state index contributed by atoms with van der Waals surface area (Å²) in [4.78, 5) is 15.2. The Hall–Kier alpha value is -10.9. The van der Waals surface area contributed by atoms with Crippen LogP contribution in [0.5, 0.6) is 0 Å². The number of para-hydroxylation sites is 6. The van der Waals surface area contributed by atoms with Gasteiger partial charge in [-0.3, -0.25) is 0 Å². The van der Waals surface area contributed by atoms with Gasteiger partial charge in [0.15, 0.2) is 0 Å². The average Bonchev–Trinajstić information content (AvgIpc) is 0.691. The predicted molar refractivity (Wildman–Crippen MR) is 392 cm³/mol. The van der Waals surface area contributed by atoms with Crippen molar-refractivity contribution in [1.82, 2.24) is 0 Å². The quantitative estimate of drug-likeness (QED) is 0.119. The Labute approximate surface area is 546 Å². The van der Waals surface area contributed by atoms with Crippen LogP contribution < -0.4 is 52.4 Å². The van der Waals surface area contributed by atoms with E-state index in [1.165, 1.54) is 69.3 Å². The molecule has 0 N–H and O–H groups in total. The van der Waals surface area contributed by atoms with E-state index in [0.717, 1.165) is 84.7 Å². The Kier molecular flexibility index (Phi) is 13.3. The third-order valence-corrected chi connectivity index (χ3v) is 21.0. The molecule has 0 unspecified atom stereocenters. The second kappa shape index (κ2) is 22.5. The average molecular weight is 1210 g/mol. The summed E-state index contributed by atoms with van der Waals surface area (Å²) in [6.07, 6.45) is 0. The monoisotopic (exact) mass is 1210 g/mol. The van der Waals surface area contributed by atoms with Crippen LogP contribution in [0.4, 0.5) is 68.2 Å². The van der Waals surface area contributed by atoms with Crippen LogP contribution in [0.1, 0.15) is 0 Å². The highest BCUT2D eigenvalue weighted by Gasteiger charge is 2.47. The van der Waals surface area contributed by atoms with Gasteiger partial charge in [0.1, 0.15) is 0 Å². The summed E-state index contributed by atoms with van der Waals surface area (Å²) >= 11 is 3.84. The maximum atomic E-state index is 2.64. The molecule has 0 bridgehead atoms. The van der Waals surface area contributed by atoms with E-state index >= 15 is 0 Å². The van der Waals surface area contributed by atoms with Crippen molar-refractivity contribution in [3.05, 3.63) is 340 Å². The van der Waals surface area contributed by atoms with E-state index in [9.17, 15) is 0 Å². The van der Waals surface area contributed by atoms with Gasteiger partial charge in [-0.1, -0.05) is 271 Å². The number of fused-ring (bicyclic) bond motifs is 8. The maximum Gasteiger partial charge on any atom is 0.252 e. The van der Waals surface area contributed by atoms with Gasteiger partial charge < -0.3 is 19.6 Å². The van der Waals surface area contributed by atoms with Gasteiger partial charge in [0.05, 0.1) is 17.1 Å². The SMILES string of the molecule is c1ccc(-c2ccc(N(c3cc4c5c(c3)N(c3ccccc3-c3ccccc3)c3cc6c(cc3B5c3ccccc3N4c3ccccc3)B3c4ccccc4Sc4cc(N(c5ccccc5)c5ccccc5)cc(c43)S6)c3ccccc3-c3ccccc3)cc2)cc1. The Morgan fingerprint density at radius 1 is 0.239 bits per heavy atom. The van der Waals surface area contributed by atoms with E-state index < -0.39 is 0 Å². The molecule has 4 aliphatic heterocycles. The van der Waals surface area contributed by atoms with Crippen LogP contribution >= 0.6 is 23.5 Å². The van der Waals surface area contributed by atoms with Gasteiger partial charge in [-0.05, 0) is 147 Å². The standard InChI is InChI=1S/C84H56B2N4S2/c1-7-27-57(28-8-1)58-47-49-64(50-48-58)88(73-43-23-19-39-67(73)59-29-9-2-10-30-59)65-51-77-83-78(52-65)90(74-44-24-20-40-68(74)60-31-11-3-12-32-60)76-56-80-72(55-71(76)85(83)69-41-21-25-45-75(69)89(77)63-37-17-6-18-38-63)86-70-42-22-26-46-79(70)91-81-53-66(54-82(92-80)84(81)86)87(61-33-13-4-14-34-61)62-35-15-5-16-36-62/h1-56H. The molecule has 0 aliphatic carbocycles. The topological polar surface area (TPSA) is 13.0 Å². The van der Waals surface area contributed by atoms with E-state index in [-0.39, 0.29) is 13.4 Å². The summed E-state index contributed by atoms with van der Waals surface area (Å²) < 4.78 is 0. The van der Waals surface area contributed by atoms with Gasteiger partial charge in [0.25, 0.3) is 6.71 Å². The van der Waals surface area contributed by atoms with Gasteiger partial charge in [0.2, 0.25) is 6.71 Å². The molecule has 18 rings (SSSR count). The first-order chi connectivity index (χ1) is 45.7. The summed E-state index contributed by atoms with van der Waals surface area (Å²) in [5.74, 6) is 0. The third kappa shape index (κ3) is 9.04. The van der Waals surface area contributed by atoms with Crippen molar-refractivity contribution in [3.8, 4) is 33.4 Å². The molecule has 0 spiro atoms. The van der Waals surface area contributed by atoms with Gasteiger partial charge in [-0.2, -0.15) is 0 Å². The molecule has 0 atom stereocenters. The van der Waals surface area contributed by atoms with Crippen LogP contribution in [0.15, 0.2) is 359 Å². The van der Waals surface area contributed by atoms with Gasteiger partial charge in [-0.15, -0.1) is 0 Å². The number of anilines is 12. The van der Waals surface area contributed by atoms with E-state index in [2.05, 4.69) is 359 Å². The minimum absolute atomic E-state index is 0.00517. The molecule has 4 nitrogen and oxygen atoms in total. The van der Waals surface area contributed by atoms with Gasteiger partial charge in [-0.25, -0.2) is 0 Å². The minimum Gasteiger partial charge on any atom is -0.311 e. The van der Waals surface area contributed by atoms with Gasteiger partial charge >= 0.3 is 0 Å². The summed E-state index contributed by atoms with van der Waals surface area (Å²) in [6, 6.07) is 126. The highest BCUT2D eigenvalue weighted by Crippen LogP contribution is 2.52. The van der Waals surface area contributed by atoms with Gasteiger partial charge in [0, 0.05) is 81.9 Å². The number of hydrogen-bond donors (Lipinski definition) is 0. The lowest BCUT2D eigenvalue weighted by Gasteiger charge is -2.46. The molecule has 92 heavy (non-hydrogen) atoms. The highest BCUT2D eigenvalue weighted by molar-refractivity contribution is 8.01. The van der Waals surface area contributed by atoms with Crippen molar-refractivity contribution in [2.24, 2.45) is 0 Å². The second-order valence-corrected chi connectivity index (χ2v) is 26.1. The van der Waals surface area contributed by atoms with Crippen LogP contribution in [0, 0.1) is 0 Å². The van der Waals surface area contributed by atoms with Crippen LogP contribution in [-0.2, 0) is 0 Å². The van der Waals surface area contributed by atoms with Crippen LogP contribution in [0.2, 0.25) is 0 Å². The van der Waals surface area contributed by atoms with Crippen molar-refractivity contribution in [3.63, 3.8) is 0 Å². The fraction of sp³-hybridized carbons (Fsp3) is 0. The largest absolute Gasteiger partial charge is 0.311 e. The van der Waals surface area contributed by atoms with Crippen molar-refractivity contribution in [1.29, 1.82) is 0 Å². The summed E-state index contributed by atoms with van der Waals surface area (Å²) in [7, 11) is 0. The van der Waals surface area contributed by atoms with Crippen molar-refractivity contribution in [2.75, 3.05) is 19.6 Å². The molecule has 8 heteroatoms. The lowest BCUT2D eigenvalue weighted by Crippen LogP contribution is -2.64. The molecule has 0 amide bonds. The van der Waals surface area contributed by atoms with E-state index in [0.29, 0.717) is 0 Å². The van der Waals surface area contributed by atoms with Crippen LogP contribution in [-0.4, -0.2) is 13.4 Å². The molecule has 0 saturated heterocycles. The summed E-state index contributed by atoms with van der Waals surface area (Å²) in [5.41, 5.74) is 28.2. The Bertz CT molecular complexity index is 5100. The molecule has 4 heterocycles. The zero-order valence-corrected chi connectivity index (χ0v) is 51.7. The fourth-order valence-electron chi connectivity index (χ4n) is 14.8. The van der Waals surface area contributed by atoms with Crippen molar-refractivity contribution in [2.45, 2.75) is 19.6 Å². The molecular weight excluding hydrogens is 1150 g/mol. The Morgan fingerprint density at radius 3 is 1.37 bits per heavy atom. The molecule has 14 aromatic rings. The molecule has 0 saturated carbocycles. The molecule has 430 valence electrons. The number of rotatable bonds is 11. The third-order valence-electron chi connectivity index (χ3n) is 18.7.